The topological polar surface area (TPSA) is 99.7 Å². The fourth-order valence-corrected chi connectivity index (χ4v) is 14.8. The Hall–Kier alpha value is -2.65. The van der Waals surface area contributed by atoms with Gasteiger partial charge in [-0.05, 0) is 73.1 Å². The van der Waals surface area contributed by atoms with E-state index in [1.54, 1.807) is 6.33 Å². The molecule has 0 radical (unpaired) electrons. The van der Waals surface area contributed by atoms with E-state index >= 15 is 0 Å². The van der Waals surface area contributed by atoms with E-state index in [0.717, 1.165) is 67.4 Å². The van der Waals surface area contributed by atoms with Gasteiger partial charge in [-0.15, -0.1) is 5.54 Å². The molecule has 2 N–H and O–H groups in total. The number of ether oxygens (including phenoxy) is 1. The summed E-state index contributed by atoms with van der Waals surface area (Å²) in [4.78, 5) is 14.1. The van der Waals surface area contributed by atoms with Crippen LogP contribution in [0.5, 0.6) is 5.75 Å². The Bertz CT molecular complexity index is 1570. The van der Waals surface area contributed by atoms with Gasteiger partial charge in [0.2, 0.25) is 0 Å². The second-order valence-corrected chi connectivity index (χ2v) is 22.6. The summed E-state index contributed by atoms with van der Waals surface area (Å²) >= 11 is 0. The highest BCUT2D eigenvalue weighted by Crippen LogP contribution is 2.46. The fourth-order valence-electron chi connectivity index (χ4n) is 8.34. The Labute approximate surface area is 277 Å². The van der Waals surface area contributed by atoms with Gasteiger partial charge in [0, 0.05) is 32.2 Å². The van der Waals surface area contributed by atoms with Gasteiger partial charge in [0.25, 0.3) is 0 Å². The van der Waals surface area contributed by atoms with Crippen LogP contribution in [0.4, 0.5) is 17.3 Å². The van der Waals surface area contributed by atoms with Gasteiger partial charge in [0.05, 0.1) is 28.3 Å². The number of nitrogens with zero attached hydrogens (tertiary/aromatic N) is 4. The third-order valence-electron chi connectivity index (χ3n) is 11.1. The molecule has 5 heterocycles. The zero-order valence-corrected chi connectivity index (χ0v) is 30.5. The van der Waals surface area contributed by atoms with Crippen molar-refractivity contribution in [2.24, 2.45) is 0 Å². The molecule has 0 bridgehead atoms. The monoisotopic (exact) mass is 664 g/mol. The average molecular weight is 665 g/mol. The van der Waals surface area contributed by atoms with Gasteiger partial charge in [0.1, 0.15) is 32.1 Å². The number of nitrogens with one attached hydrogen (secondary N) is 2. The number of sulfone groups is 1. The molecule has 3 fully saturated rings. The van der Waals surface area contributed by atoms with Gasteiger partial charge in [-0.3, -0.25) is 4.90 Å². The molecule has 4 aliphatic heterocycles. The molecule has 0 amide bonds. The molecule has 2 aromatic rings. The molecule has 1 aromatic carbocycles. The molecule has 0 aliphatic carbocycles. The van der Waals surface area contributed by atoms with Crippen LogP contribution in [0.25, 0.3) is 0 Å². The summed E-state index contributed by atoms with van der Waals surface area (Å²) in [5.41, 5.74) is 9.56. The van der Waals surface area contributed by atoms with Crippen molar-refractivity contribution in [1.29, 1.82) is 0 Å². The maximum atomic E-state index is 12.2. The molecule has 1 atom stereocenters. The van der Waals surface area contributed by atoms with Gasteiger partial charge >= 0.3 is 0 Å². The van der Waals surface area contributed by atoms with Crippen LogP contribution in [-0.4, -0.2) is 88.2 Å². The molecule has 1 aromatic heterocycles. The maximum Gasteiger partial charge on any atom is 0.159 e. The lowest BCUT2D eigenvalue weighted by molar-refractivity contribution is 0.113. The SMILES string of the molecule is CC1Oc2c(C#C[Si](C(C)C)(C(C)C)C(C)C)cc(C3CCN(C4CNC4)CC3)cc2Nc2ncnc(N3CCS(=O)(=O)CC3)c21. The molecule has 0 saturated carbocycles. The van der Waals surface area contributed by atoms with Crippen molar-refractivity contribution in [3.05, 3.63) is 35.2 Å². The van der Waals surface area contributed by atoms with Crippen LogP contribution < -0.4 is 20.3 Å². The summed E-state index contributed by atoms with van der Waals surface area (Å²) in [7, 11) is -5.02. The Morgan fingerprint density at radius 2 is 1.61 bits per heavy atom. The van der Waals surface area contributed by atoms with E-state index in [9.17, 15) is 8.42 Å². The first-order valence-electron chi connectivity index (χ1n) is 17.3. The van der Waals surface area contributed by atoms with Crippen LogP contribution in [0, 0.1) is 11.5 Å². The zero-order valence-electron chi connectivity index (χ0n) is 28.7. The van der Waals surface area contributed by atoms with Gasteiger partial charge in [-0.1, -0.05) is 47.5 Å². The molecule has 4 aliphatic rings. The van der Waals surface area contributed by atoms with Crippen LogP contribution in [-0.2, 0) is 9.84 Å². The van der Waals surface area contributed by atoms with Crippen molar-refractivity contribution in [2.45, 2.75) is 96.0 Å². The van der Waals surface area contributed by atoms with Gasteiger partial charge < -0.3 is 20.3 Å². The zero-order chi connectivity index (χ0) is 32.8. The lowest BCUT2D eigenvalue weighted by atomic mass is 9.87. The number of benzene rings is 1. The Morgan fingerprint density at radius 3 is 2.20 bits per heavy atom. The van der Waals surface area contributed by atoms with E-state index in [4.69, 9.17) is 9.72 Å². The van der Waals surface area contributed by atoms with Crippen molar-refractivity contribution in [3.63, 3.8) is 0 Å². The fraction of sp³-hybridized carbons (Fsp3) is 0.657. The lowest BCUT2D eigenvalue weighted by Crippen LogP contribution is -2.58. The third-order valence-corrected chi connectivity index (χ3v) is 19.0. The first kappa shape index (κ1) is 33.3. The first-order chi connectivity index (χ1) is 21.9. The van der Waals surface area contributed by atoms with E-state index < -0.39 is 17.9 Å². The van der Waals surface area contributed by atoms with E-state index in [1.165, 1.54) is 5.56 Å². The molecule has 6 rings (SSSR count). The summed E-state index contributed by atoms with van der Waals surface area (Å²) in [6.07, 6.45) is 3.48. The van der Waals surface area contributed by atoms with Crippen LogP contribution in [0.3, 0.4) is 0 Å². The predicted octanol–water partition coefficient (Wildman–Crippen LogP) is 5.63. The highest BCUT2D eigenvalue weighted by molar-refractivity contribution is 7.91. The van der Waals surface area contributed by atoms with E-state index in [1.807, 2.05) is 6.92 Å². The molecular weight excluding hydrogens is 613 g/mol. The second-order valence-electron chi connectivity index (χ2n) is 14.7. The molecule has 0 spiro atoms. The Balaban J connectivity index is 1.41. The third kappa shape index (κ3) is 6.30. The van der Waals surface area contributed by atoms with Gasteiger partial charge in [-0.25, -0.2) is 18.4 Å². The number of anilines is 3. The predicted molar refractivity (Wildman–Crippen MR) is 190 cm³/mol. The molecule has 46 heavy (non-hydrogen) atoms. The standard InChI is InChI=1S/C35H52N6O3SSi/c1-23(2)46(24(3)4,25(5)6)17-10-28-18-29(27-8-11-40(12-9-27)30-20-36-21-30)19-31-33(28)44-26(7)32-34(39-31)37-22-38-35(32)41-13-15-45(42,43)16-14-41/h18-19,22-27,30,36H,8-9,11-16,20-21H2,1-7H3,(H,37,38,39). The summed E-state index contributed by atoms with van der Waals surface area (Å²) in [6.45, 7) is 21.4. The van der Waals surface area contributed by atoms with Gasteiger partial charge in [0.15, 0.2) is 15.6 Å². The number of piperidine rings is 1. The molecule has 3 saturated heterocycles. The number of hydrogen-bond acceptors (Lipinski definition) is 9. The summed E-state index contributed by atoms with van der Waals surface area (Å²) < 4.78 is 31.3. The minimum absolute atomic E-state index is 0.126. The number of hydrogen-bond donors (Lipinski definition) is 2. The van der Waals surface area contributed by atoms with Crippen molar-refractivity contribution in [3.8, 4) is 17.2 Å². The van der Waals surface area contributed by atoms with Crippen molar-refractivity contribution in [1.82, 2.24) is 20.2 Å². The number of fused-ring (bicyclic) bond motifs is 2. The van der Waals surface area contributed by atoms with Crippen LogP contribution in [0.1, 0.15) is 90.0 Å². The molecule has 1 unspecified atom stereocenters. The second kappa shape index (κ2) is 13.1. The summed E-state index contributed by atoms with van der Waals surface area (Å²) in [5, 5.41) is 7.09. The molecule has 11 heteroatoms. The Kier molecular flexibility index (Phi) is 9.47. The smallest absolute Gasteiger partial charge is 0.159 e. The normalized spacial score (nSPS) is 22.3. The van der Waals surface area contributed by atoms with E-state index in [-0.39, 0.29) is 17.6 Å². The van der Waals surface area contributed by atoms with Crippen LogP contribution in [0.15, 0.2) is 18.5 Å². The van der Waals surface area contributed by atoms with E-state index in [0.29, 0.717) is 47.5 Å². The van der Waals surface area contributed by atoms with Crippen molar-refractivity contribution in [2.75, 3.05) is 61.0 Å². The van der Waals surface area contributed by atoms with Crippen LogP contribution in [0.2, 0.25) is 16.6 Å². The average Bonchev–Trinajstić information content (AvgIpc) is 3.12. The van der Waals surface area contributed by atoms with Gasteiger partial charge in [-0.2, -0.15) is 0 Å². The van der Waals surface area contributed by atoms with Crippen LogP contribution >= 0.6 is 0 Å². The van der Waals surface area contributed by atoms with E-state index in [2.05, 4.69) is 90.6 Å². The minimum atomic E-state index is -3.02. The number of rotatable bonds is 6. The number of aromatic nitrogens is 2. The Morgan fingerprint density at radius 1 is 0.957 bits per heavy atom. The molecular formula is C35H52N6O3SSi. The molecule has 9 nitrogen and oxygen atoms in total. The maximum absolute atomic E-state index is 12.2. The lowest BCUT2D eigenvalue weighted by Gasteiger charge is -2.42. The number of likely N-dealkylation sites (tertiary alicyclic amines) is 1. The minimum Gasteiger partial charge on any atom is -0.482 e. The van der Waals surface area contributed by atoms with Crippen molar-refractivity contribution >= 4 is 35.2 Å². The highest BCUT2D eigenvalue weighted by atomic mass is 32.2. The summed E-state index contributed by atoms with van der Waals surface area (Å²) in [5.74, 6) is 6.69. The highest BCUT2D eigenvalue weighted by Gasteiger charge is 2.42. The quantitative estimate of drug-likeness (QED) is 0.301. The molecule has 250 valence electrons. The first-order valence-corrected chi connectivity index (χ1v) is 21.3. The largest absolute Gasteiger partial charge is 0.482 e. The summed E-state index contributed by atoms with van der Waals surface area (Å²) in [6, 6.07) is 5.25. The van der Waals surface area contributed by atoms with Crippen molar-refractivity contribution < 1.29 is 13.2 Å².